The maximum absolute atomic E-state index is 6.23. The van der Waals surface area contributed by atoms with Crippen molar-refractivity contribution in [2.75, 3.05) is 12.1 Å². The maximum Gasteiger partial charge on any atom is 0.231 e. The number of hydrogen-bond acceptors (Lipinski definition) is 4. The van der Waals surface area contributed by atoms with Crippen LogP contribution in [0.5, 0.6) is 11.5 Å². The molecule has 3 heterocycles. The minimum absolute atomic E-state index is 0.249. The monoisotopic (exact) mass is 377 g/mol. The van der Waals surface area contributed by atoms with Gasteiger partial charge in [0.15, 0.2) is 11.5 Å². The van der Waals surface area contributed by atoms with Crippen molar-refractivity contribution in [3.63, 3.8) is 0 Å². The van der Waals surface area contributed by atoms with Crippen LogP contribution < -0.4 is 14.8 Å². The number of anilines is 1. The molecule has 0 atom stereocenters. The Hall–Kier alpha value is -3.18. The molecule has 4 aromatic rings. The predicted molar refractivity (Wildman–Crippen MR) is 106 cm³/mol. The summed E-state index contributed by atoms with van der Waals surface area (Å²) in [7, 11) is 0. The lowest BCUT2D eigenvalue weighted by Gasteiger charge is -2.10. The van der Waals surface area contributed by atoms with Crippen LogP contribution in [0.25, 0.3) is 16.9 Å². The number of fused-ring (bicyclic) bond motifs is 2. The lowest BCUT2D eigenvalue weighted by Crippen LogP contribution is -2.03. The molecular formula is C21H16ClN3O2. The summed E-state index contributed by atoms with van der Waals surface area (Å²) >= 11 is 6.23. The van der Waals surface area contributed by atoms with Gasteiger partial charge in [-0.2, -0.15) is 0 Å². The molecule has 1 N–H and O–H groups in total. The topological polar surface area (TPSA) is 47.8 Å². The third-order valence-electron chi connectivity index (χ3n) is 4.53. The van der Waals surface area contributed by atoms with E-state index in [-0.39, 0.29) is 6.79 Å². The zero-order valence-corrected chi connectivity index (χ0v) is 15.1. The van der Waals surface area contributed by atoms with Crippen LogP contribution in [0.3, 0.4) is 0 Å². The van der Waals surface area contributed by atoms with E-state index in [9.17, 15) is 0 Å². The van der Waals surface area contributed by atoms with E-state index in [1.165, 1.54) is 5.56 Å². The van der Waals surface area contributed by atoms with E-state index in [1.807, 2.05) is 59.1 Å². The number of nitrogens with zero attached hydrogens (tertiary/aromatic N) is 2. The van der Waals surface area contributed by atoms with Crippen molar-refractivity contribution in [1.29, 1.82) is 0 Å². The van der Waals surface area contributed by atoms with Gasteiger partial charge in [-0.05, 0) is 35.9 Å². The van der Waals surface area contributed by atoms with Gasteiger partial charge < -0.3 is 14.8 Å². The summed E-state index contributed by atoms with van der Waals surface area (Å²) in [5.41, 5.74) is 3.80. The van der Waals surface area contributed by atoms with Gasteiger partial charge in [0.25, 0.3) is 0 Å². The molecule has 27 heavy (non-hydrogen) atoms. The summed E-state index contributed by atoms with van der Waals surface area (Å²) in [6.45, 7) is 0.928. The first kappa shape index (κ1) is 16.0. The van der Waals surface area contributed by atoms with Gasteiger partial charge in [0.2, 0.25) is 6.79 Å². The zero-order valence-electron chi connectivity index (χ0n) is 14.4. The molecule has 1 aliphatic heterocycles. The number of benzene rings is 2. The van der Waals surface area contributed by atoms with Crippen LogP contribution in [0.1, 0.15) is 5.56 Å². The number of nitrogens with one attached hydrogen (secondary N) is 1. The second kappa shape index (κ2) is 6.52. The predicted octanol–water partition coefficient (Wildman–Crippen LogP) is 5.00. The van der Waals surface area contributed by atoms with Gasteiger partial charge in [0, 0.05) is 18.3 Å². The smallest absolute Gasteiger partial charge is 0.231 e. The van der Waals surface area contributed by atoms with Crippen molar-refractivity contribution in [3.05, 3.63) is 77.4 Å². The highest BCUT2D eigenvalue weighted by Crippen LogP contribution is 2.38. The summed E-state index contributed by atoms with van der Waals surface area (Å²) < 4.78 is 12.9. The van der Waals surface area contributed by atoms with Crippen molar-refractivity contribution in [1.82, 2.24) is 9.38 Å². The van der Waals surface area contributed by atoms with Gasteiger partial charge in [-0.15, -0.1) is 0 Å². The minimum atomic E-state index is 0.249. The van der Waals surface area contributed by atoms with Gasteiger partial charge in [0.05, 0.1) is 5.02 Å². The fraction of sp³-hybridized carbons (Fsp3) is 0.0952. The Morgan fingerprint density at radius 3 is 2.74 bits per heavy atom. The second-order valence-corrected chi connectivity index (χ2v) is 6.73. The van der Waals surface area contributed by atoms with E-state index in [2.05, 4.69) is 17.4 Å². The summed E-state index contributed by atoms with van der Waals surface area (Å²) in [6.07, 6.45) is 1.87. The first-order chi connectivity index (χ1) is 13.3. The van der Waals surface area contributed by atoms with Gasteiger partial charge in [0.1, 0.15) is 17.2 Å². The Balaban J connectivity index is 1.60. The third kappa shape index (κ3) is 2.96. The Morgan fingerprint density at radius 1 is 1.00 bits per heavy atom. The summed E-state index contributed by atoms with van der Waals surface area (Å²) in [5.74, 6) is 2.37. The van der Waals surface area contributed by atoms with Crippen LogP contribution >= 0.6 is 11.6 Å². The average Bonchev–Trinajstić information content (AvgIpc) is 3.30. The van der Waals surface area contributed by atoms with Crippen molar-refractivity contribution < 1.29 is 9.47 Å². The molecule has 2 aromatic heterocycles. The van der Waals surface area contributed by atoms with E-state index in [0.717, 1.165) is 34.2 Å². The molecule has 0 fully saturated rings. The second-order valence-electron chi connectivity index (χ2n) is 6.29. The number of hydrogen-bond donors (Lipinski definition) is 1. The molecule has 5 nitrogen and oxygen atoms in total. The fourth-order valence-corrected chi connectivity index (χ4v) is 3.38. The van der Waals surface area contributed by atoms with Crippen LogP contribution in [0.2, 0.25) is 5.02 Å². The molecule has 6 heteroatoms. The van der Waals surface area contributed by atoms with E-state index in [1.54, 1.807) is 0 Å². The number of pyridine rings is 1. The molecule has 1 aliphatic rings. The molecule has 0 amide bonds. The Bertz CT molecular complexity index is 1130. The van der Waals surface area contributed by atoms with Crippen molar-refractivity contribution in [2.45, 2.75) is 6.54 Å². The highest BCUT2D eigenvalue weighted by atomic mass is 35.5. The molecule has 0 spiro atoms. The largest absolute Gasteiger partial charge is 0.454 e. The summed E-state index contributed by atoms with van der Waals surface area (Å²) in [4.78, 5) is 4.81. The van der Waals surface area contributed by atoms with Crippen LogP contribution in [0, 0.1) is 0 Å². The number of halogens is 1. The van der Waals surface area contributed by atoms with Crippen LogP contribution in [0.4, 0.5) is 5.82 Å². The number of ether oxygens (including phenoxy) is 2. The molecule has 0 radical (unpaired) electrons. The van der Waals surface area contributed by atoms with E-state index in [0.29, 0.717) is 11.6 Å². The Morgan fingerprint density at radius 2 is 1.85 bits per heavy atom. The van der Waals surface area contributed by atoms with Crippen molar-refractivity contribution >= 4 is 23.1 Å². The number of aromatic nitrogens is 2. The summed E-state index contributed by atoms with van der Waals surface area (Å²) in [5, 5.41) is 4.17. The van der Waals surface area contributed by atoms with E-state index in [4.69, 9.17) is 26.1 Å². The quantitative estimate of drug-likeness (QED) is 0.544. The molecular weight excluding hydrogens is 362 g/mol. The molecule has 0 aliphatic carbocycles. The molecule has 0 bridgehead atoms. The first-order valence-electron chi connectivity index (χ1n) is 8.63. The molecule has 0 unspecified atom stereocenters. The average molecular weight is 378 g/mol. The lowest BCUT2D eigenvalue weighted by molar-refractivity contribution is 0.174. The van der Waals surface area contributed by atoms with E-state index >= 15 is 0 Å². The maximum atomic E-state index is 6.23. The lowest BCUT2D eigenvalue weighted by atomic mass is 10.1. The Kier molecular flexibility index (Phi) is 3.87. The molecule has 5 rings (SSSR count). The highest BCUT2D eigenvalue weighted by Gasteiger charge is 2.19. The van der Waals surface area contributed by atoms with Crippen LogP contribution in [-0.4, -0.2) is 16.2 Å². The highest BCUT2D eigenvalue weighted by molar-refractivity contribution is 6.30. The SMILES string of the molecule is Clc1ccc2nc(-c3ccc4c(c3)OCO4)c(NCc3ccccc3)n2c1. The molecule has 134 valence electrons. The van der Waals surface area contributed by atoms with Gasteiger partial charge in [-0.3, -0.25) is 4.40 Å². The normalized spacial score (nSPS) is 12.5. The van der Waals surface area contributed by atoms with Gasteiger partial charge in [-0.1, -0.05) is 41.9 Å². The van der Waals surface area contributed by atoms with Crippen molar-refractivity contribution in [2.24, 2.45) is 0 Å². The fourth-order valence-electron chi connectivity index (χ4n) is 3.21. The zero-order chi connectivity index (χ0) is 18.2. The number of imidazole rings is 1. The number of rotatable bonds is 4. The molecule has 0 saturated carbocycles. The van der Waals surface area contributed by atoms with Gasteiger partial charge >= 0.3 is 0 Å². The van der Waals surface area contributed by atoms with Crippen molar-refractivity contribution in [3.8, 4) is 22.8 Å². The molecule has 0 saturated heterocycles. The minimum Gasteiger partial charge on any atom is -0.454 e. The van der Waals surface area contributed by atoms with E-state index < -0.39 is 0 Å². The third-order valence-corrected chi connectivity index (χ3v) is 4.75. The van der Waals surface area contributed by atoms with Crippen LogP contribution in [-0.2, 0) is 6.54 Å². The summed E-state index contributed by atoms with van der Waals surface area (Å²) in [6, 6.07) is 19.9. The van der Waals surface area contributed by atoms with Crippen LogP contribution in [0.15, 0.2) is 66.9 Å². The molecule has 2 aromatic carbocycles. The van der Waals surface area contributed by atoms with Gasteiger partial charge in [-0.25, -0.2) is 4.98 Å². The first-order valence-corrected chi connectivity index (χ1v) is 9.01. The standard InChI is InChI=1S/C21H16ClN3O2/c22-16-7-9-19-24-20(15-6-8-17-18(10-15)27-13-26-17)21(25(19)12-16)23-11-14-4-2-1-3-5-14/h1-10,12,23H,11,13H2. The Labute approximate surface area is 161 Å².